The Morgan fingerprint density at radius 1 is 1.33 bits per heavy atom. The molecule has 0 saturated heterocycles. The van der Waals surface area contributed by atoms with Gasteiger partial charge in [-0.15, -0.1) is 0 Å². The summed E-state index contributed by atoms with van der Waals surface area (Å²) in [7, 11) is 0. The zero-order valence-electron chi connectivity index (χ0n) is 10.8. The smallest absolute Gasteiger partial charge is 0.188 e. The van der Waals surface area contributed by atoms with Crippen molar-refractivity contribution in [1.82, 2.24) is 5.32 Å². The monoisotopic (exact) mass is 247 g/mol. The average Bonchev–Trinajstić information content (AvgIpc) is 2.37. The van der Waals surface area contributed by atoms with Crippen molar-refractivity contribution in [3.05, 3.63) is 47.5 Å². The number of benzene rings is 1. The Balaban J connectivity index is 2.32. The summed E-state index contributed by atoms with van der Waals surface area (Å²) in [4.78, 5) is 4.13. The second-order valence-electron chi connectivity index (χ2n) is 4.31. The highest BCUT2D eigenvalue weighted by Gasteiger charge is 1.95. The summed E-state index contributed by atoms with van der Waals surface area (Å²) >= 11 is 0. The SMILES string of the molecule is C=C(C)CN=C(N)NCCc1ccc(CO)cc1. The molecule has 0 bridgehead atoms. The fraction of sp³-hybridized carbons (Fsp3) is 0.357. The molecule has 1 aromatic carbocycles. The first-order valence-corrected chi connectivity index (χ1v) is 5.98. The summed E-state index contributed by atoms with van der Waals surface area (Å²) in [5, 5.41) is 12.0. The number of nitrogens with two attached hydrogens (primary N) is 1. The summed E-state index contributed by atoms with van der Waals surface area (Å²) < 4.78 is 0. The molecule has 0 saturated carbocycles. The minimum absolute atomic E-state index is 0.0824. The van der Waals surface area contributed by atoms with Crippen LogP contribution < -0.4 is 11.1 Å². The fourth-order valence-corrected chi connectivity index (χ4v) is 1.42. The van der Waals surface area contributed by atoms with Gasteiger partial charge in [-0.05, 0) is 24.5 Å². The molecule has 1 aromatic rings. The third-order valence-corrected chi connectivity index (χ3v) is 2.44. The van der Waals surface area contributed by atoms with E-state index in [2.05, 4.69) is 16.9 Å². The molecule has 4 nitrogen and oxygen atoms in total. The van der Waals surface area contributed by atoms with Crippen LogP contribution in [0.25, 0.3) is 0 Å². The summed E-state index contributed by atoms with van der Waals surface area (Å²) in [6, 6.07) is 7.87. The van der Waals surface area contributed by atoms with Gasteiger partial charge in [0.15, 0.2) is 5.96 Å². The van der Waals surface area contributed by atoms with Crippen molar-refractivity contribution in [3.63, 3.8) is 0 Å². The molecule has 0 heterocycles. The minimum atomic E-state index is 0.0824. The van der Waals surface area contributed by atoms with Gasteiger partial charge >= 0.3 is 0 Å². The van der Waals surface area contributed by atoms with E-state index in [1.54, 1.807) is 0 Å². The molecule has 0 aliphatic rings. The number of hydrogen-bond donors (Lipinski definition) is 3. The van der Waals surface area contributed by atoms with Crippen LogP contribution in [-0.4, -0.2) is 24.2 Å². The van der Waals surface area contributed by atoms with Crippen molar-refractivity contribution in [2.24, 2.45) is 10.7 Å². The molecule has 0 unspecified atom stereocenters. The standard InChI is InChI=1S/C14H21N3O/c1-11(2)9-17-14(15)16-8-7-12-3-5-13(10-18)6-4-12/h3-6,18H,1,7-10H2,2H3,(H3,15,16,17). The Hall–Kier alpha value is -1.81. The zero-order chi connectivity index (χ0) is 13.4. The number of hydrogen-bond acceptors (Lipinski definition) is 2. The van der Waals surface area contributed by atoms with Crippen LogP contribution in [0.4, 0.5) is 0 Å². The Bertz CT molecular complexity index is 410. The maximum Gasteiger partial charge on any atom is 0.188 e. The van der Waals surface area contributed by atoms with Crippen LogP contribution in [0.2, 0.25) is 0 Å². The number of aliphatic imine (C=N–C) groups is 1. The van der Waals surface area contributed by atoms with Gasteiger partial charge in [0.1, 0.15) is 0 Å². The normalized spacial score (nSPS) is 11.3. The second kappa shape index (κ2) is 7.50. The van der Waals surface area contributed by atoms with E-state index in [1.165, 1.54) is 5.56 Å². The Kier molecular flexibility index (Phi) is 5.94. The van der Waals surface area contributed by atoms with Gasteiger partial charge in [0.2, 0.25) is 0 Å². The molecule has 0 aliphatic heterocycles. The van der Waals surface area contributed by atoms with Gasteiger partial charge in [-0.3, -0.25) is 0 Å². The minimum Gasteiger partial charge on any atom is -0.392 e. The molecular weight excluding hydrogens is 226 g/mol. The van der Waals surface area contributed by atoms with Crippen molar-refractivity contribution >= 4 is 5.96 Å². The lowest BCUT2D eigenvalue weighted by molar-refractivity contribution is 0.282. The lowest BCUT2D eigenvalue weighted by Crippen LogP contribution is -2.33. The first-order chi connectivity index (χ1) is 8.61. The summed E-state index contributed by atoms with van der Waals surface area (Å²) in [6.07, 6.45) is 0.870. The Labute approximate surface area is 108 Å². The van der Waals surface area contributed by atoms with Gasteiger partial charge < -0.3 is 16.2 Å². The van der Waals surface area contributed by atoms with E-state index in [0.717, 1.165) is 24.1 Å². The summed E-state index contributed by atoms with van der Waals surface area (Å²) in [5.74, 6) is 0.449. The fourth-order valence-electron chi connectivity index (χ4n) is 1.42. The number of guanidine groups is 1. The molecule has 0 radical (unpaired) electrons. The Morgan fingerprint density at radius 3 is 2.50 bits per heavy atom. The maximum absolute atomic E-state index is 8.93. The average molecular weight is 247 g/mol. The molecule has 1 rings (SSSR count). The third-order valence-electron chi connectivity index (χ3n) is 2.44. The lowest BCUT2D eigenvalue weighted by Gasteiger charge is -2.06. The van der Waals surface area contributed by atoms with E-state index in [4.69, 9.17) is 10.8 Å². The third kappa shape index (κ3) is 5.50. The van der Waals surface area contributed by atoms with Crippen LogP contribution in [0.3, 0.4) is 0 Å². The quantitative estimate of drug-likeness (QED) is 0.402. The van der Waals surface area contributed by atoms with Gasteiger partial charge in [-0.1, -0.05) is 36.4 Å². The number of rotatable bonds is 6. The predicted molar refractivity (Wildman–Crippen MR) is 75.4 cm³/mol. The predicted octanol–water partition coefficient (Wildman–Crippen LogP) is 1.20. The van der Waals surface area contributed by atoms with Gasteiger partial charge in [0.25, 0.3) is 0 Å². The molecule has 0 aliphatic carbocycles. The largest absolute Gasteiger partial charge is 0.392 e. The number of aliphatic hydroxyl groups is 1. The number of nitrogens with zero attached hydrogens (tertiary/aromatic N) is 1. The van der Waals surface area contributed by atoms with Crippen LogP contribution in [-0.2, 0) is 13.0 Å². The Morgan fingerprint density at radius 2 is 1.94 bits per heavy atom. The number of aliphatic hydroxyl groups excluding tert-OH is 1. The molecule has 0 fully saturated rings. The molecule has 0 amide bonds. The maximum atomic E-state index is 8.93. The van der Waals surface area contributed by atoms with Gasteiger partial charge in [0, 0.05) is 6.54 Å². The van der Waals surface area contributed by atoms with Crippen LogP contribution in [0.15, 0.2) is 41.4 Å². The van der Waals surface area contributed by atoms with E-state index >= 15 is 0 Å². The molecule has 0 atom stereocenters. The second-order valence-corrected chi connectivity index (χ2v) is 4.31. The topological polar surface area (TPSA) is 70.6 Å². The van der Waals surface area contributed by atoms with Crippen LogP contribution in [0, 0.1) is 0 Å². The van der Waals surface area contributed by atoms with E-state index in [0.29, 0.717) is 12.5 Å². The first kappa shape index (κ1) is 14.3. The van der Waals surface area contributed by atoms with Gasteiger partial charge in [-0.2, -0.15) is 0 Å². The van der Waals surface area contributed by atoms with E-state index in [-0.39, 0.29) is 6.61 Å². The van der Waals surface area contributed by atoms with Crippen LogP contribution in [0.5, 0.6) is 0 Å². The van der Waals surface area contributed by atoms with Crippen molar-refractivity contribution in [2.75, 3.05) is 13.1 Å². The summed E-state index contributed by atoms with van der Waals surface area (Å²) in [5.41, 5.74) is 8.81. The number of nitrogens with one attached hydrogen (secondary N) is 1. The van der Waals surface area contributed by atoms with E-state index in [9.17, 15) is 0 Å². The van der Waals surface area contributed by atoms with Crippen molar-refractivity contribution in [2.45, 2.75) is 20.0 Å². The van der Waals surface area contributed by atoms with E-state index in [1.807, 2.05) is 31.2 Å². The molecule has 4 heteroatoms. The van der Waals surface area contributed by atoms with Crippen molar-refractivity contribution in [3.8, 4) is 0 Å². The lowest BCUT2D eigenvalue weighted by atomic mass is 10.1. The molecule has 4 N–H and O–H groups in total. The molecule has 0 aromatic heterocycles. The highest BCUT2D eigenvalue weighted by atomic mass is 16.3. The first-order valence-electron chi connectivity index (χ1n) is 5.98. The highest BCUT2D eigenvalue weighted by Crippen LogP contribution is 2.04. The summed E-state index contributed by atoms with van der Waals surface area (Å²) in [6.45, 7) is 7.06. The molecular formula is C14H21N3O. The highest BCUT2D eigenvalue weighted by molar-refractivity contribution is 5.77. The molecule has 0 spiro atoms. The van der Waals surface area contributed by atoms with Gasteiger partial charge in [-0.25, -0.2) is 4.99 Å². The molecule has 98 valence electrons. The van der Waals surface area contributed by atoms with Crippen molar-refractivity contribution in [1.29, 1.82) is 0 Å². The van der Waals surface area contributed by atoms with Gasteiger partial charge in [0.05, 0.1) is 13.2 Å². The van der Waals surface area contributed by atoms with Crippen LogP contribution >= 0.6 is 0 Å². The molecule has 18 heavy (non-hydrogen) atoms. The van der Waals surface area contributed by atoms with Crippen molar-refractivity contribution < 1.29 is 5.11 Å². The van der Waals surface area contributed by atoms with Crippen LogP contribution in [0.1, 0.15) is 18.1 Å². The zero-order valence-corrected chi connectivity index (χ0v) is 10.8. The van der Waals surface area contributed by atoms with E-state index < -0.39 is 0 Å².